The van der Waals surface area contributed by atoms with Gasteiger partial charge in [-0.3, -0.25) is 10.4 Å². The molecular formula is C9H21N3. The van der Waals surface area contributed by atoms with Crippen LogP contribution in [-0.2, 0) is 0 Å². The van der Waals surface area contributed by atoms with E-state index < -0.39 is 0 Å². The van der Waals surface area contributed by atoms with Crippen LogP contribution < -0.4 is 5.43 Å². The summed E-state index contributed by atoms with van der Waals surface area (Å²) < 4.78 is 0. The third kappa shape index (κ3) is 3.52. The van der Waals surface area contributed by atoms with E-state index in [9.17, 15) is 0 Å². The van der Waals surface area contributed by atoms with Gasteiger partial charge in [-0.1, -0.05) is 0 Å². The van der Waals surface area contributed by atoms with Crippen LogP contribution in [0.3, 0.4) is 0 Å². The Morgan fingerprint density at radius 3 is 2.67 bits per heavy atom. The Labute approximate surface area is 75.7 Å². The molecule has 1 atom stereocenters. The van der Waals surface area contributed by atoms with Crippen LogP contribution in [0.1, 0.15) is 19.3 Å². The summed E-state index contributed by atoms with van der Waals surface area (Å²) in [7, 11) is 6.33. The van der Waals surface area contributed by atoms with E-state index in [2.05, 4.69) is 36.5 Å². The van der Waals surface area contributed by atoms with Gasteiger partial charge < -0.3 is 4.90 Å². The average molecular weight is 171 g/mol. The van der Waals surface area contributed by atoms with Gasteiger partial charge >= 0.3 is 0 Å². The molecule has 0 bridgehead atoms. The van der Waals surface area contributed by atoms with Crippen LogP contribution in [0.2, 0.25) is 0 Å². The molecule has 1 fully saturated rings. The minimum absolute atomic E-state index is 0.685. The highest BCUT2D eigenvalue weighted by Crippen LogP contribution is 2.09. The second kappa shape index (κ2) is 4.80. The lowest BCUT2D eigenvalue weighted by atomic mass is 10.1. The molecule has 3 heteroatoms. The summed E-state index contributed by atoms with van der Waals surface area (Å²) in [4.78, 5) is 2.41. The van der Waals surface area contributed by atoms with Gasteiger partial charge in [-0.15, -0.1) is 0 Å². The fourth-order valence-electron chi connectivity index (χ4n) is 1.73. The molecule has 1 unspecified atom stereocenters. The topological polar surface area (TPSA) is 18.5 Å². The summed E-state index contributed by atoms with van der Waals surface area (Å²) >= 11 is 0. The quantitative estimate of drug-likeness (QED) is 0.612. The number of nitrogens with one attached hydrogen (secondary N) is 1. The maximum atomic E-state index is 3.45. The van der Waals surface area contributed by atoms with Gasteiger partial charge in [-0.2, -0.15) is 0 Å². The van der Waals surface area contributed by atoms with Crippen molar-refractivity contribution in [2.75, 3.05) is 34.2 Å². The van der Waals surface area contributed by atoms with Crippen molar-refractivity contribution in [1.82, 2.24) is 15.3 Å². The lowest BCUT2D eigenvalue weighted by Gasteiger charge is -2.21. The van der Waals surface area contributed by atoms with Gasteiger partial charge in [-0.05, 0) is 39.4 Å². The zero-order valence-electron chi connectivity index (χ0n) is 8.51. The fraction of sp³-hybridized carbons (Fsp3) is 1.00. The molecule has 0 aliphatic carbocycles. The molecule has 1 saturated heterocycles. The first-order chi connectivity index (χ1) is 5.68. The highest BCUT2D eigenvalue weighted by Gasteiger charge is 2.14. The van der Waals surface area contributed by atoms with Crippen molar-refractivity contribution >= 4 is 0 Å². The van der Waals surface area contributed by atoms with E-state index in [1.807, 2.05) is 0 Å². The van der Waals surface area contributed by atoms with Crippen molar-refractivity contribution in [3.05, 3.63) is 0 Å². The largest absolute Gasteiger partial charge is 0.306 e. The number of rotatable bonds is 2. The third-order valence-electron chi connectivity index (χ3n) is 2.39. The molecular weight excluding hydrogens is 150 g/mol. The molecule has 1 aliphatic heterocycles. The minimum atomic E-state index is 0.685. The highest BCUT2D eigenvalue weighted by molar-refractivity contribution is 4.71. The lowest BCUT2D eigenvalue weighted by Crippen LogP contribution is -2.40. The molecule has 0 spiro atoms. The summed E-state index contributed by atoms with van der Waals surface area (Å²) in [6.07, 6.45) is 3.90. The molecule has 1 N–H and O–H groups in total. The van der Waals surface area contributed by atoms with E-state index in [4.69, 9.17) is 0 Å². The Hall–Kier alpha value is -0.120. The highest BCUT2D eigenvalue weighted by atomic mass is 15.5. The van der Waals surface area contributed by atoms with Gasteiger partial charge in [0.1, 0.15) is 0 Å². The zero-order valence-corrected chi connectivity index (χ0v) is 8.51. The number of hydrogen-bond acceptors (Lipinski definition) is 3. The number of likely N-dealkylation sites (tertiary alicyclic amines) is 1. The number of nitrogens with zero attached hydrogens (tertiary/aromatic N) is 2. The Bertz CT molecular complexity index is 125. The lowest BCUT2D eigenvalue weighted by molar-refractivity contribution is 0.227. The molecule has 1 heterocycles. The fourth-order valence-corrected chi connectivity index (χ4v) is 1.73. The third-order valence-corrected chi connectivity index (χ3v) is 2.39. The molecule has 0 saturated carbocycles. The predicted molar refractivity (Wildman–Crippen MR) is 52.0 cm³/mol. The maximum Gasteiger partial charge on any atom is 0.0227 e. The van der Waals surface area contributed by atoms with Crippen molar-refractivity contribution < 1.29 is 0 Å². The van der Waals surface area contributed by atoms with E-state index in [0.717, 1.165) is 0 Å². The molecule has 3 nitrogen and oxygen atoms in total. The van der Waals surface area contributed by atoms with Crippen molar-refractivity contribution in [2.45, 2.75) is 25.3 Å². The van der Waals surface area contributed by atoms with E-state index >= 15 is 0 Å². The molecule has 1 rings (SSSR count). The molecule has 0 aromatic carbocycles. The van der Waals surface area contributed by atoms with Crippen molar-refractivity contribution in [1.29, 1.82) is 0 Å². The van der Waals surface area contributed by atoms with Crippen LogP contribution in [-0.4, -0.2) is 50.2 Å². The molecule has 0 radical (unpaired) electrons. The Morgan fingerprint density at radius 2 is 2.00 bits per heavy atom. The van der Waals surface area contributed by atoms with Crippen LogP contribution in [0, 0.1) is 0 Å². The smallest absolute Gasteiger partial charge is 0.0227 e. The van der Waals surface area contributed by atoms with Crippen LogP contribution in [0.4, 0.5) is 0 Å². The SMILES string of the molecule is CN1CCCC(NN(C)C)CC1. The summed E-state index contributed by atoms with van der Waals surface area (Å²) in [5.74, 6) is 0. The molecule has 0 aromatic rings. The van der Waals surface area contributed by atoms with E-state index in [1.165, 1.54) is 32.4 Å². The summed E-state index contributed by atoms with van der Waals surface area (Å²) in [6.45, 7) is 2.48. The van der Waals surface area contributed by atoms with Crippen LogP contribution >= 0.6 is 0 Å². The number of hydrogen-bond donors (Lipinski definition) is 1. The molecule has 72 valence electrons. The van der Waals surface area contributed by atoms with Crippen LogP contribution in [0.15, 0.2) is 0 Å². The van der Waals surface area contributed by atoms with Gasteiger partial charge in [0, 0.05) is 20.1 Å². The first-order valence-corrected chi connectivity index (χ1v) is 4.80. The Kier molecular flexibility index (Phi) is 3.98. The van der Waals surface area contributed by atoms with Crippen molar-refractivity contribution in [3.63, 3.8) is 0 Å². The number of hydrazine groups is 1. The first-order valence-electron chi connectivity index (χ1n) is 4.80. The van der Waals surface area contributed by atoms with E-state index in [-0.39, 0.29) is 0 Å². The zero-order chi connectivity index (χ0) is 8.97. The second-order valence-electron chi connectivity index (χ2n) is 3.95. The summed E-state index contributed by atoms with van der Waals surface area (Å²) in [5, 5.41) is 2.07. The molecule has 0 aromatic heterocycles. The average Bonchev–Trinajstić information content (AvgIpc) is 2.15. The summed E-state index contributed by atoms with van der Waals surface area (Å²) in [5.41, 5.74) is 3.45. The monoisotopic (exact) mass is 171 g/mol. The van der Waals surface area contributed by atoms with Gasteiger partial charge in [-0.25, -0.2) is 0 Å². The standard InChI is InChI=1S/C9H21N3/c1-11(2)10-9-5-4-7-12(3)8-6-9/h9-10H,4-8H2,1-3H3. The van der Waals surface area contributed by atoms with E-state index in [1.54, 1.807) is 0 Å². The van der Waals surface area contributed by atoms with Crippen molar-refractivity contribution in [2.24, 2.45) is 0 Å². The second-order valence-corrected chi connectivity index (χ2v) is 3.95. The minimum Gasteiger partial charge on any atom is -0.306 e. The van der Waals surface area contributed by atoms with Gasteiger partial charge in [0.25, 0.3) is 0 Å². The Balaban J connectivity index is 2.26. The van der Waals surface area contributed by atoms with Crippen LogP contribution in [0.5, 0.6) is 0 Å². The summed E-state index contributed by atoms with van der Waals surface area (Å²) in [6, 6.07) is 0.685. The molecule has 0 amide bonds. The normalized spacial score (nSPS) is 27.5. The van der Waals surface area contributed by atoms with Crippen LogP contribution in [0.25, 0.3) is 0 Å². The van der Waals surface area contributed by atoms with Gasteiger partial charge in [0.2, 0.25) is 0 Å². The van der Waals surface area contributed by atoms with Crippen molar-refractivity contribution in [3.8, 4) is 0 Å². The van der Waals surface area contributed by atoms with Gasteiger partial charge in [0.05, 0.1) is 0 Å². The maximum absolute atomic E-state index is 3.45. The molecule has 12 heavy (non-hydrogen) atoms. The van der Waals surface area contributed by atoms with Gasteiger partial charge in [0.15, 0.2) is 0 Å². The van der Waals surface area contributed by atoms with E-state index in [0.29, 0.717) is 6.04 Å². The predicted octanol–water partition coefficient (Wildman–Crippen LogP) is 0.537. The Morgan fingerprint density at radius 1 is 1.25 bits per heavy atom. The first kappa shape index (κ1) is 9.96. The molecule has 1 aliphatic rings.